The quantitative estimate of drug-likeness (QED) is 0.239. The van der Waals surface area contributed by atoms with Gasteiger partial charge in [0.25, 0.3) is 0 Å². The van der Waals surface area contributed by atoms with Crippen molar-refractivity contribution in [3.8, 4) is 0 Å². The standard InChI is InChI=1S/C24H26N2O4S/c1-4-5-7-18-9-11-19(12-10-18)22(27)14-29-24(28)20-8-6-13-25-23(20)31-15-21-16(2)26-30-17(21)3/h6,8-13H,4-5,7,14-15H2,1-3H3. The van der Waals surface area contributed by atoms with Crippen LogP contribution in [0.3, 0.4) is 0 Å². The molecule has 3 rings (SSSR count). The molecule has 0 fully saturated rings. The van der Waals surface area contributed by atoms with E-state index < -0.39 is 5.97 Å². The van der Waals surface area contributed by atoms with Gasteiger partial charge in [0, 0.05) is 23.1 Å². The number of ketones is 1. The Labute approximate surface area is 186 Å². The minimum atomic E-state index is -0.567. The number of benzene rings is 1. The van der Waals surface area contributed by atoms with Crippen LogP contribution < -0.4 is 0 Å². The van der Waals surface area contributed by atoms with Crippen molar-refractivity contribution in [3.63, 3.8) is 0 Å². The fourth-order valence-electron chi connectivity index (χ4n) is 3.04. The van der Waals surface area contributed by atoms with Gasteiger partial charge in [0.05, 0.1) is 11.3 Å². The van der Waals surface area contributed by atoms with Gasteiger partial charge < -0.3 is 9.26 Å². The number of carbonyl (C=O) groups is 2. The zero-order valence-electron chi connectivity index (χ0n) is 18.0. The molecule has 0 saturated carbocycles. The van der Waals surface area contributed by atoms with E-state index in [2.05, 4.69) is 17.1 Å². The van der Waals surface area contributed by atoms with Crippen molar-refractivity contribution in [1.29, 1.82) is 0 Å². The Morgan fingerprint density at radius 1 is 1.13 bits per heavy atom. The van der Waals surface area contributed by atoms with E-state index in [0.717, 1.165) is 36.3 Å². The molecule has 162 valence electrons. The molecule has 0 aliphatic carbocycles. The number of thioether (sulfide) groups is 1. The van der Waals surface area contributed by atoms with Crippen LogP contribution in [0, 0.1) is 13.8 Å². The van der Waals surface area contributed by atoms with E-state index in [-0.39, 0.29) is 12.4 Å². The predicted octanol–water partition coefficient (Wildman–Crippen LogP) is 5.36. The van der Waals surface area contributed by atoms with Crippen LogP contribution in [0.25, 0.3) is 0 Å². The number of nitrogens with zero attached hydrogens (tertiary/aromatic N) is 2. The first-order chi connectivity index (χ1) is 15.0. The van der Waals surface area contributed by atoms with Crippen molar-refractivity contribution in [1.82, 2.24) is 10.1 Å². The number of hydrogen-bond acceptors (Lipinski definition) is 7. The van der Waals surface area contributed by atoms with Crippen LogP contribution in [0.2, 0.25) is 0 Å². The van der Waals surface area contributed by atoms with E-state index in [1.807, 2.05) is 26.0 Å². The number of hydrogen-bond donors (Lipinski definition) is 0. The molecule has 0 atom stereocenters. The molecule has 7 heteroatoms. The third-order valence-electron chi connectivity index (χ3n) is 4.95. The van der Waals surface area contributed by atoms with Crippen molar-refractivity contribution < 1.29 is 18.8 Å². The molecular weight excluding hydrogens is 412 g/mol. The molecule has 1 aromatic carbocycles. The third kappa shape index (κ3) is 6.04. The van der Waals surface area contributed by atoms with Crippen LogP contribution in [0.5, 0.6) is 0 Å². The summed E-state index contributed by atoms with van der Waals surface area (Å²) in [6, 6.07) is 10.8. The van der Waals surface area contributed by atoms with Gasteiger partial charge in [-0.25, -0.2) is 9.78 Å². The maximum Gasteiger partial charge on any atom is 0.341 e. The summed E-state index contributed by atoms with van der Waals surface area (Å²) < 4.78 is 10.5. The van der Waals surface area contributed by atoms with Gasteiger partial charge in [0.2, 0.25) is 0 Å². The number of ether oxygens (including phenoxy) is 1. The van der Waals surface area contributed by atoms with Gasteiger partial charge in [0.15, 0.2) is 12.4 Å². The number of aryl methyl sites for hydroxylation is 3. The van der Waals surface area contributed by atoms with E-state index in [9.17, 15) is 9.59 Å². The predicted molar refractivity (Wildman–Crippen MR) is 119 cm³/mol. The highest BCUT2D eigenvalue weighted by Crippen LogP contribution is 2.27. The molecule has 0 amide bonds. The van der Waals surface area contributed by atoms with E-state index in [4.69, 9.17) is 9.26 Å². The summed E-state index contributed by atoms with van der Waals surface area (Å²) in [4.78, 5) is 29.3. The Balaban J connectivity index is 1.60. The van der Waals surface area contributed by atoms with Crippen molar-refractivity contribution in [2.24, 2.45) is 0 Å². The first-order valence-corrected chi connectivity index (χ1v) is 11.3. The number of unbranched alkanes of at least 4 members (excludes halogenated alkanes) is 1. The monoisotopic (exact) mass is 438 g/mol. The lowest BCUT2D eigenvalue weighted by Crippen LogP contribution is -2.15. The van der Waals surface area contributed by atoms with Gasteiger partial charge in [-0.1, -0.05) is 42.8 Å². The maximum atomic E-state index is 12.6. The van der Waals surface area contributed by atoms with Gasteiger partial charge in [-0.2, -0.15) is 0 Å². The molecule has 0 N–H and O–H groups in total. The van der Waals surface area contributed by atoms with Crippen molar-refractivity contribution >= 4 is 23.5 Å². The van der Waals surface area contributed by atoms with Gasteiger partial charge >= 0.3 is 5.97 Å². The fourth-order valence-corrected chi connectivity index (χ4v) is 4.18. The largest absolute Gasteiger partial charge is 0.454 e. The molecule has 0 unspecified atom stereocenters. The number of carbonyl (C=O) groups excluding carboxylic acids is 2. The van der Waals surface area contributed by atoms with Gasteiger partial charge in [-0.15, -0.1) is 11.8 Å². The average Bonchev–Trinajstić information content (AvgIpc) is 3.12. The van der Waals surface area contributed by atoms with Crippen LogP contribution in [0.4, 0.5) is 0 Å². The minimum Gasteiger partial charge on any atom is -0.454 e. The normalized spacial score (nSPS) is 10.8. The van der Waals surface area contributed by atoms with Crippen LogP contribution in [0.15, 0.2) is 52.1 Å². The Morgan fingerprint density at radius 3 is 2.58 bits per heavy atom. The average molecular weight is 439 g/mol. The van der Waals surface area contributed by atoms with E-state index in [0.29, 0.717) is 21.9 Å². The first-order valence-electron chi connectivity index (χ1n) is 10.3. The Bertz CT molecular complexity index is 1020. The summed E-state index contributed by atoms with van der Waals surface area (Å²) in [7, 11) is 0. The van der Waals surface area contributed by atoms with Crippen molar-refractivity contribution in [3.05, 3.63) is 76.3 Å². The zero-order valence-corrected chi connectivity index (χ0v) is 18.8. The van der Waals surface area contributed by atoms with Crippen LogP contribution >= 0.6 is 11.8 Å². The summed E-state index contributed by atoms with van der Waals surface area (Å²) in [5, 5.41) is 4.49. The van der Waals surface area contributed by atoms with Gasteiger partial charge in [0.1, 0.15) is 10.8 Å². The SMILES string of the molecule is CCCCc1ccc(C(=O)COC(=O)c2cccnc2SCc2c(C)noc2C)cc1. The van der Waals surface area contributed by atoms with E-state index in [1.54, 1.807) is 30.5 Å². The summed E-state index contributed by atoms with van der Waals surface area (Å²) in [6.45, 7) is 5.57. The van der Waals surface area contributed by atoms with Gasteiger partial charge in [-0.05, 0) is 44.4 Å². The Kier molecular flexibility index (Phi) is 8.00. The van der Waals surface area contributed by atoms with Crippen molar-refractivity contribution in [2.45, 2.75) is 50.8 Å². The molecule has 0 spiro atoms. The highest BCUT2D eigenvalue weighted by atomic mass is 32.2. The summed E-state index contributed by atoms with van der Waals surface area (Å²) in [5.74, 6) is 0.518. The maximum absolute atomic E-state index is 12.6. The zero-order chi connectivity index (χ0) is 22.2. The Hall–Kier alpha value is -2.93. The fraction of sp³-hybridized carbons (Fsp3) is 0.333. The molecular formula is C24H26N2O4S. The lowest BCUT2D eigenvalue weighted by molar-refractivity contribution is 0.0470. The lowest BCUT2D eigenvalue weighted by Gasteiger charge is -2.09. The molecule has 3 aromatic rings. The highest BCUT2D eigenvalue weighted by molar-refractivity contribution is 7.98. The van der Waals surface area contributed by atoms with E-state index >= 15 is 0 Å². The lowest BCUT2D eigenvalue weighted by atomic mass is 10.0. The number of esters is 1. The highest BCUT2D eigenvalue weighted by Gasteiger charge is 2.18. The summed E-state index contributed by atoms with van der Waals surface area (Å²) >= 11 is 1.40. The first kappa shape index (κ1) is 22.7. The van der Waals surface area contributed by atoms with Crippen molar-refractivity contribution in [2.75, 3.05) is 6.61 Å². The minimum absolute atomic E-state index is 0.232. The number of pyridine rings is 1. The molecule has 0 saturated heterocycles. The number of rotatable bonds is 10. The molecule has 6 nitrogen and oxygen atoms in total. The molecule has 0 aliphatic heterocycles. The molecule has 2 heterocycles. The van der Waals surface area contributed by atoms with Crippen LogP contribution in [0.1, 0.15) is 63.1 Å². The smallest absolute Gasteiger partial charge is 0.341 e. The summed E-state index contributed by atoms with van der Waals surface area (Å²) in [5.41, 5.74) is 3.86. The second kappa shape index (κ2) is 10.9. The molecule has 0 bridgehead atoms. The molecule has 0 aliphatic rings. The Morgan fingerprint density at radius 2 is 1.90 bits per heavy atom. The second-order valence-electron chi connectivity index (χ2n) is 7.25. The molecule has 0 radical (unpaired) electrons. The number of Topliss-reactive ketones (excluding diaryl/α,β-unsaturated/α-hetero) is 1. The third-order valence-corrected chi connectivity index (χ3v) is 5.99. The molecule has 2 aromatic heterocycles. The van der Waals surface area contributed by atoms with E-state index in [1.165, 1.54) is 17.3 Å². The summed E-state index contributed by atoms with van der Waals surface area (Å²) in [6.07, 6.45) is 4.86. The van der Waals surface area contributed by atoms with Crippen LogP contribution in [-0.2, 0) is 16.9 Å². The molecule has 31 heavy (non-hydrogen) atoms. The topological polar surface area (TPSA) is 82.3 Å². The van der Waals surface area contributed by atoms with Gasteiger partial charge in [-0.3, -0.25) is 4.79 Å². The number of aromatic nitrogens is 2. The van der Waals surface area contributed by atoms with Crippen LogP contribution in [-0.4, -0.2) is 28.5 Å². The second-order valence-corrected chi connectivity index (χ2v) is 8.21.